The number of carboxylic acid groups (broad SMARTS) is 1. The number of carboxylic acids is 1. The van der Waals surface area contributed by atoms with Crippen molar-refractivity contribution in [1.29, 1.82) is 0 Å². The van der Waals surface area contributed by atoms with Crippen LogP contribution >= 0.6 is 0 Å². The number of nitrogens with one attached hydrogen (secondary N) is 1. The quantitative estimate of drug-likeness (QED) is 0.618. The molecule has 0 unspecified atom stereocenters. The first-order valence-electron chi connectivity index (χ1n) is 6.29. The minimum absolute atomic E-state index is 0.0377. The molecule has 21 heavy (non-hydrogen) atoms. The Hall–Kier alpha value is -2.70. The largest absolute Gasteiger partial charge is 0.478 e. The summed E-state index contributed by atoms with van der Waals surface area (Å²) in [4.78, 5) is 39.6. The molecule has 0 radical (unpaired) electrons. The van der Waals surface area contributed by atoms with E-state index >= 15 is 0 Å². The highest BCUT2D eigenvalue weighted by molar-refractivity contribution is 6.06. The van der Waals surface area contributed by atoms with E-state index in [1.54, 1.807) is 30.9 Å². The predicted molar refractivity (Wildman–Crippen MR) is 75.5 cm³/mol. The first kappa shape index (κ1) is 14.7. The summed E-state index contributed by atoms with van der Waals surface area (Å²) in [6, 6.07) is 3.32. The van der Waals surface area contributed by atoms with Crippen molar-refractivity contribution < 1.29 is 19.5 Å². The number of piperazine rings is 1. The summed E-state index contributed by atoms with van der Waals surface area (Å²) in [5.41, 5.74) is -0.272. The van der Waals surface area contributed by atoms with Gasteiger partial charge in [0.25, 0.3) is 5.91 Å². The molecule has 2 heterocycles. The van der Waals surface area contributed by atoms with Gasteiger partial charge in [-0.2, -0.15) is 0 Å². The fraction of sp³-hybridized carbons (Fsp3) is 0.286. The Morgan fingerprint density at radius 1 is 1.43 bits per heavy atom. The van der Waals surface area contributed by atoms with Crippen molar-refractivity contribution in [2.45, 2.75) is 19.4 Å². The molecule has 2 N–H and O–H groups in total. The molecule has 2 rings (SSSR count). The smallest absolute Gasteiger partial charge is 0.328 e. The SMILES string of the molecule is CC1(C)C(=O)NC(=O)CN1c1ccc(/C=C/C(=O)O)cn1. The highest BCUT2D eigenvalue weighted by Crippen LogP contribution is 2.24. The fourth-order valence-corrected chi connectivity index (χ4v) is 1.97. The van der Waals surface area contributed by atoms with Crippen LogP contribution in [-0.2, 0) is 14.4 Å². The number of amides is 2. The second-order valence-corrected chi connectivity index (χ2v) is 5.14. The van der Waals surface area contributed by atoms with Crippen molar-refractivity contribution in [3.8, 4) is 0 Å². The lowest BCUT2D eigenvalue weighted by Gasteiger charge is -2.40. The zero-order valence-electron chi connectivity index (χ0n) is 11.7. The van der Waals surface area contributed by atoms with Gasteiger partial charge in [-0.15, -0.1) is 0 Å². The molecule has 110 valence electrons. The molecule has 0 bridgehead atoms. The molecule has 0 spiro atoms. The second kappa shape index (κ2) is 5.35. The number of anilines is 1. The van der Waals surface area contributed by atoms with Crippen molar-refractivity contribution >= 4 is 29.7 Å². The minimum atomic E-state index is -1.04. The summed E-state index contributed by atoms with van der Waals surface area (Å²) < 4.78 is 0. The average molecular weight is 289 g/mol. The van der Waals surface area contributed by atoms with Crippen LogP contribution in [0.5, 0.6) is 0 Å². The Labute approximate surface area is 121 Å². The number of hydrogen-bond donors (Lipinski definition) is 2. The van der Waals surface area contributed by atoms with Crippen LogP contribution in [0.4, 0.5) is 5.82 Å². The molecule has 0 aliphatic carbocycles. The third-order valence-electron chi connectivity index (χ3n) is 3.25. The maximum atomic E-state index is 11.9. The van der Waals surface area contributed by atoms with Crippen LogP contribution in [0.25, 0.3) is 6.08 Å². The van der Waals surface area contributed by atoms with Crippen LogP contribution in [0.2, 0.25) is 0 Å². The first-order chi connectivity index (χ1) is 9.80. The molecule has 7 heteroatoms. The number of imide groups is 1. The lowest BCUT2D eigenvalue weighted by Crippen LogP contribution is -2.64. The summed E-state index contributed by atoms with van der Waals surface area (Å²) in [6.45, 7) is 3.44. The van der Waals surface area contributed by atoms with Crippen LogP contribution in [0.3, 0.4) is 0 Å². The number of aliphatic carboxylic acids is 1. The molecule has 7 nitrogen and oxygen atoms in total. The Morgan fingerprint density at radius 2 is 2.14 bits per heavy atom. The molecule has 1 saturated heterocycles. The molecule has 1 fully saturated rings. The summed E-state index contributed by atoms with van der Waals surface area (Å²) in [5.74, 6) is -1.32. The van der Waals surface area contributed by atoms with Gasteiger partial charge >= 0.3 is 5.97 Å². The van der Waals surface area contributed by atoms with Crippen LogP contribution in [0.1, 0.15) is 19.4 Å². The number of hydrogen-bond acceptors (Lipinski definition) is 5. The van der Waals surface area contributed by atoms with E-state index in [0.717, 1.165) is 6.08 Å². The fourth-order valence-electron chi connectivity index (χ4n) is 1.97. The normalized spacial score (nSPS) is 17.9. The highest BCUT2D eigenvalue weighted by atomic mass is 16.4. The van der Waals surface area contributed by atoms with Crippen LogP contribution in [0.15, 0.2) is 24.4 Å². The van der Waals surface area contributed by atoms with E-state index in [1.807, 2.05) is 0 Å². The van der Waals surface area contributed by atoms with E-state index in [4.69, 9.17) is 5.11 Å². The maximum Gasteiger partial charge on any atom is 0.328 e. The van der Waals surface area contributed by atoms with Crippen molar-refractivity contribution in [2.24, 2.45) is 0 Å². The second-order valence-electron chi connectivity index (χ2n) is 5.14. The van der Waals surface area contributed by atoms with Crippen molar-refractivity contribution in [2.75, 3.05) is 11.4 Å². The first-order valence-corrected chi connectivity index (χ1v) is 6.29. The van der Waals surface area contributed by atoms with Gasteiger partial charge in [-0.1, -0.05) is 0 Å². The van der Waals surface area contributed by atoms with Gasteiger partial charge in [0, 0.05) is 12.3 Å². The standard InChI is InChI=1S/C14H15N3O4/c1-14(2)13(21)16-11(18)8-17(14)10-5-3-9(7-15-10)4-6-12(19)20/h3-7H,8H2,1-2H3,(H,19,20)(H,16,18,21)/b6-4+. The van der Waals surface area contributed by atoms with Gasteiger partial charge in [-0.05, 0) is 37.6 Å². The van der Waals surface area contributed by atoms with E-state index in [1.165, 1.54) is 12.3 Å². The van der Waals surface area contributed by atoms with Gasteiger partial charge in [0.05, 0.1) is 6.54 Å². The Morgan fingerprint density at radius 3 is 2.71 bits per heavy atom. The number of aromatic nitrogens is 1. The summed E-state index contributed by atoms with van der Waals surface area (Å²) in [7, 11) is 0. The zero-order chi connectivity index (χ0) is 15.6. The predicted octanol–water partition coefficient (Wildman–Crippen LogP) is 0.421. The van der Waals surface area contributed by atoms with E-state index in [-0.39, 0.29) is 18.4 Å². The van der Waals surface area contributed by atoms with Gasteiger partial charge in [0.2, 0.25) is 5.91 Å². The summed E-state index contributed by atoms with van der Waals surface area (Å²) >= 11 is 0. The molecule has 1 aliphatic rings. The van der Waals surface area contributed by atoms with Crippen molar-refractivity contribution in [3.05, 3.63) is 30.0 Å². The Bertz CT molecular complexity index is 620. The van der Waals surface area contributed by atoms with Gasteiger partial charge in [-0.25, -0.2) is 9.78 Å². The zero-order valence-corrected chi connectivity index (χ0v) is 11.7. The molecule has 0 aromatic carbocycles. The van der Waals surface area contributed by atoms with E-state index in [9.17, 15) is 14.4 Å². The number of rotatable bonds is 3. The minimum Gasteiger partial charge on any atom is -0.478 e. The average Bonchev–Trinajstić information content (AvgIpc) is 2.41. The number of carbonyl (C=O) groups is 3. The summed E-state index contributed by atoms with van der Waals surface area (Å²) in [6.07, 6.45) is 3.92. The molecule has 0 atom stereocenters. The van der Waals surface area contributed by atoms with Gasteiger partial charge < -0.3 is 10.0 Å². The third-order valence-corrected chi connectivity index (χ3v) is 3.25. The molecule has 0 saturated carbocycles. The highest BCUT2D eigenvalue weighted by Gasteiger charge is 2.41. The third kappa shape index (κ3) is 3.07. The summed E-state index contributed by atoms with van der Waals surface area (Å²) in [5, 5.41) is 10.9. The lowest BCUT2D eigenvalue weighted by atomic mass is 9.98. The molecular weight excluding hydrogens is 274 g/mol. The van der Waals surface area contributed by atoms with Crippen molar-refractivity contribution in [1.82, 2.24) is 10.3 Å². The Balaban J connectivity index is 2.26. The van der Waals surface area contributed by atoms with E-state index < -0.39 is 11.5 Å². The monoisotopic (exact) mass is 289 g/mol. The van der Waals surface area contributed by atoms with Crippen LogP contribution < -0.4 is 10.2 Å². The van der Waals surface area contributed by atoms with Crippen LogP contribution in [0, 0.1) is 0 Å². The molecule has 1 aliphatic heterocycles. The van der Waals surface area contributed by atoms with Gasteiger partial charge in [-0.3, -0.25) is 14.9 Å². The van der Waals surface area contributed by atoms with E-state index in [0.29, 0.717) is 11.4 Å². The van der Waals surface area contributed by atoms with E-state index in [2.05, 4.69) is 10.3 Å². The molecule has 1 aromatic rings. The number of carbonyl (C=O) groups excluding carboxylic acids is 2. The number of pyridine rings is 1. The van der Waals surface area contributed by atoms with Crippen molar-refractivity contribution in [3.63, 3.8) is 0 Å². The van der Waals surface area contributed by atoms with Crippen LogP contribution in [-0.4, -0.2) is 40.0 Å². The molecule has 2 amide bonds. The topological polar surface area (TPSA) is 99.6 Å². The number of nitrogens with zero attached hydrogens (tertiary/aromatic N) is 2. The lowest BCUT2D eigenvalue weighted by molar-refractivity contribution is -0.135. The van der Waals surface area contributed by atoms with Gasteiger partial charge in [0.1, 0.15) is 11.4 Å². The molecule has 1 aromatic heterocycles. The maximum absolute atomic E-state index is 11.9. The Kier molecular flexibility index (Phi) is 3.75. The van der Waals surface area contributed by atoms with Gasteiger partial charge in [0.15, 0.2) is 0 Å². The molecular formula is C14H15N3O4.